The number of aliphatic hydroxyl groups excluding tert-OH is 1. The van der Waals surface area contributed by atoms with E-state index in [4.69, 9.17) is 5.11 Å². The monoisotopic (exact) mass is 380 g/mol. The second kappa shape index (κ2) is 21.2. The number of hydrogen-bond donors (Lipinski definition) is 2. The Labute approximate surface area is 168 Å². The molecule has 0 saturated carbocycles. The van der Waals surface area contributed by atoms with Gasteiger partial charge in [-0.25, -0.2) is 0 Å². The Kier molecular flexibility index (Phi) is 20.4. The number of aliphatic carboxylic acids is 1. The van der Waals surface area contributed by atoms with Crippen molar-refractivity contribution in [3.63, 3.8) is 0 Å². The van der Waals surface area contributed by atoms with Crippen molar-refractivity contribution in [2.24, 2.45) is 0 Å². The summed E-state index contributed by atoms with van der Waals surface area (Å²) < 4.78 is 0. The second-order valence-electron chi connectivity index (χ2n) is 7.67. The molecule has 3 nitrogen and oxygen atoms in total. The zero-order valence-corrected chi connectivity index (χ0v) is 17.7. The standard InChI is InChI=1S/C24H44O3/c1-2-3-4-5-6-7-8-9-10-11-12-13-14-15-16-17-18-19-20-21-23(25)22-24(26)27/h9-10,15-16,23,25H,2-8,11-14,17-22H2,1H3,(H,26,27). The number of unbranched alkanes of at least 4 members (excludes halogenated alkanes) is 12. The molecule has 0 aliphatic carbocycles. The minimum atomic E-state index is -0.918. The van der Waals surface area contributed by atoms with Gasteiger partial charge in [-0.15, -0.1) is 0 Å². The first-order chi connectivity index (χ1) is 13.2. The molecule has 0 amide bonds. The van der Waals surface area contributed by atoms with Gasteiger partial charge in [0, 0.05) is 0 Å². The summed E-state index contributed by atoms with van der Waals surface area (Å²) in [5.74, 6) is -0.918. The molecule has 0 aromatic carbocycles. The van der Waals surface area contributed by atoms with E-state index in [0.29, 0.717) is 6.42 Å². The van der Waals surface area contributed by atoms with Gasteiger partial charge in [-0.05, 0) is 57.8 Å². The Balaban J connectivity index is 3.24. The molecule has 0 radical (unpaired) electrons. The Hall–Kier alpha value is -1.09. The van der Waals surface area contributed by atoms with Gasteiger partial charge in [-0.2, -0.15) is 0 Å². The first kappa shape index (κ1) is 25.9. The molecule has 0 aromatic rings. The minimum Gasteiger partial charge on any atom is -0.481 e. The lowest BCUT2D eigenvalue weighted by molar-refractivity contribution is -0.139. The third-order valence-corrected chi connectivity index (χ3v) is 4.87. The molecule has 0 fully saturated rings. The van der Waals surface area contributed by atoms with Gasteiger partial charge in [0.25, 0.3) is 0 Å². The van der Waals surface area contributed by atoms with Crippen LogP contribution >= 0.6 is 0 Å². The molecule has 0 aromatic heterocycles. The second-order valence-corrected chi connectivity index (χ2v) is 7.67. The molecule has 0 spiro atoms. The summed E-state index contributed by atoms with van der Waals surface area (Å²) >= 11 is 0. The van der Waals surface area contributed by atoms with E-state index < -0.39 is 12.1 Å². The van der Waals surface area contributed by atoms with Crippen molar-refractivity contribution in [3.05, 3.63) is 24.3 Å². The molecule has 2 N–H and O–H groups in total. The van der Waals surface area contributed by atoms with Crippen molar-refractivity contribution >= 4 is 5.97 Å². The number of aliphatic hydroxyl groups is 1. The predicted octanol–water partition coefficient (Wildman–Crippen LogP) is 7.20. The van der Waals surface area contributed by atoms with Crippen molar-refractivity contribution in [3.8, 4) is 0 Å². The third kappa shape index (κ3) is 22.9. The van der Waals surface area contributed by atoms with Crippen LogP contribution in [0.25, 0.3) is 0 Å². The first-order valence-corrected chi connectivity index (χ1v) is 11.4. The topological polar surface area (TPSA) is 57.5 Å². The maximum Gasteiger partial charge on any atom is 0.305 e. The summed E-state index contributed by atoms with van der Waals surface area (Å²) in [7, 11) is 0. The Morgan fingerprint density at radius 2 is 1.11 bits per heavy atom. The number of carboxylic acid groups (broad SMARTS) is 1. The van der Waals surface area contributed by atoms with Gasteiger partial charge in [0.15, 0.2) is 0 Å². The maximum atomic E-state index is 10.4. The first-order valence-electron chi connectivity index (χ1n) is 11.4. The predicted molar refractivity (Wildman–Crippen MR) is 116 cm³/mol. The molecule has 3 heteroatoms. The molecule has 27 heavy (non-hydrogen) atoms. The molecular formula is C24H44O3. The van der Waals surface area contributed by atoms with Crippen LogP contribution < -0.4 is 0 Å². The van der Waals surface area contributed by atoms with Gasteiger partial charge in [-0.3, -0.25) is 4.79 Å². The maximum absolute atomic E-state index is 10.4. The van der Waals surface area contributed by atoms with Crippen LogP contribution in [-0.2, 0) is 4.79 Å². The molecule has 0 aliphatic heterocycles. The molecular weight excluding hydrogens is 336 g/mol. The highest BCUT2D eigenvalue weighted by molar-refractivity contribution is 5.67. The van der Waals surface area contributed by atoms with Crippen LogP contribution in [0.3, 0.4) is 0 Å². The number of carbonyl (C=O) groups is 1. The fraction of sp³-hybridized carbons (Fsp3) is 0.792. The third-order valence-electron chi connectivity index (χ3n) is 4.87. The van der Waals surface area contributed by atoms with E-state index in [0.717, 1.165) is 25.7 Å². The number of carboxylic acids is 1. The SMILES string of the molecule is CCCCCCCCC=CCCCCC=CCCCCCC(O)CC(=O)O. The summed E-state index contributed by atoms with van der Waals surface area (Å²) in [5.41, 5.74) is 0. The summed E-state index contributed by atoms with van der Waals surface area (Å²) in [4.78, 5) is 10.4. The van der Waals surface area contributed by atoms with Crippen LogP contribution in [0.15, 0.2) is 24.3 Å². The highest BCUT2D eigenvalue weighted by Crippen LogP contribution is 2.10. The molecule has 0 rings (SSSR count). The van der Waals surface area contributed by atoms with E-state index in [1.54, 1.807) is 0 Å². The highest BCUT2D eigenvalue weighted by Gasteiger charge is 2.08. The fourth-order valence-electron chi connectivity index (χ4n) is 3.16. The van der Waals surface area contributed by atoms with Crippen LogP contribution in [-0.4, -0.2) is 22.3 Å². The van der Waals surface area contributed by atoms with Crippen molar-refractivity contribution in [2.45, 2.75) is 122 Å². The number of rotatable bonds is 20. The lowest BCUT2D eigenvalue weighted by Gasteiger charge is -2.06. The number of allylic oxidation sites excluding steroid dienone is 4. The Morgan fingerprint density at radius 1 is 0.704 bits per heavy atom. The average Bonchev–Trinajstić information content (AvgIpc) is 2.63. The zero-order chi connectivity index (χ0) is 20.0. The van der Waals surface area contributed by atoms with Gasteiger partial charge in [0.1, 0.15) is 0 Å². The molecule has 1 unspecified atom stereocenters. The van der Waals surface area contributed by atoms with Crippen molar-refractivity contribution < 1.29 is 15.0 Å². The highest BCUT2D eigenvalue weighted by atomic mass is 16.4. The molecule has 0 aliphatic rings. The lowest BCUT2D eigenvalue weighted by Crippen LogP contribution is -2.12. The van der Waals surface area contributed by atoms with E-state index in [1.807, 2.05) is 0 Å². The van der Waals surface area contributed by atoms with Crippen LogP contribution in [0.5, 0.6) is 0 Å². The molecule has 158 valence electrons. The largest absolute Gasteiger partial charge is 0.481 e. The van der Waals surface area contributed by atoms with E-state index in [-0.39, 0.29) is 6.42 Å². The van der Waals surface area contributed by atoms with E-state index in [2.05, 4.69) is 31.2 Å². The van der Waals surface area contributed by atoms with Gasteiger partial charge in [0.05, 0.1) is 12.5 Å². The molecule has 1 atom stereocenters. The molecule has 0 saturated heterocycles. The van der Waals surface area contributed by atoms with E-state index in [1.165, 1.54) is 70.6 Å². The average molecular weight is 381 g/mol. The van der Waals surface area contributed by atoms with Crippen LogP contribution in [0, 0.1) is 0 Å². The normalized spacial score (nSPS) is 13.0. The molecule has 0 heterocycles. The van der Waals surface area contributed by atoms with Gasteiger partial charge in [-0.1, -0.05) is 76.2 Å². The summed E-state index contributed by atoms with van der Waals surface area (Å²) in [5, 5.41) is 18.0. The molecule has 0 bridgehead atoms. The van der Waals surface area contributed by atoms with E-state index >= 15 is 0 Å². The van der Waals surface area contributed by atoms with Gasteiger partial charge in [0.2, 0.25) is 0 Å². The van der Waals surface area contributed by atoms with Gasteiger partial charge >= 0.3 is 5.97 Å². The zero-order valence-electron chi connectivity index (χ0n) is 17.7. The van der Waals surface area contributed by atoms with Gasteiger partial charge < -0.3 is 10.2 Å². The summed E-state index contributed by atoms with van der Waals surface area (Å²) in [6.45, 7) is 2.26. The number of hydrogen-bond acceptors (Lipinski definition) is 2. The summed E-state index contributed by atoms with van der Waals surface area (Å²) in [6.07, 6.45) is 27.7. The summed E-state index contributed by atoms with van der Waals surface area (Å²) in [6, 6.07) is 0. The minimum absolute atomic E-state index is 0.131. The van der Waals surface area contributed by atoms with Crippen LogP contribution in [0.2, 0.25) is 0 Å². The Morgan fingerprint density at radius 3 is 1.59 bits per heavy atom. The van der Waals surface area contributed by atoms with Crippen LogP contribution in [0.1, 0.15) is 116 Å². The quantitative estimate of drug-likeness (QED) is 0.173. The fourth-order valence-corrected chi connectivity index (χ4v) is 3.16. The van der Waals surface area contributed by atoms with Crippen LogP contribution in [0.4, 0.5) is 0 Å². The lowest BCUT2D eigenvalue weighted by atomic mass is 10.1. The Bertz CT molecular complexity index is 374. The smallest absolute Gasteiger partial charge is 0.305 e. The van der Waals surface area contributed by atoms with Crippen molar-refractivity contribution in [1.29, 1.82) is 0 Å². The van der Waals surface area contributed by atoms with E-state index in [9.17, 15) is 9.90 Å². The van der Waals surface area contributed by atoms with Crippen molar-refractivity contribution in [1.82, 2.24) is 0 Å². The van der Waals surface area contributed by atoms with Crippen molar-refractivity contribution in [2.75, 3.05) is 0 Å².